The Bertz CT molecular complexity index is 6610. The van der Waals surface area contributed by atoms with Gasteiger partial charge in [-0.1, -0.05) is 41.4 Å². The molecule has 0 radical (unpaired) electrons. The summed E-state index contributed by atoms with van der Waals surface area (Å²) in [6.45, 7) is 16.5. The fourth-order valence-electron chi connectivity index (χ4n) is 17.8. The average Bonchev–Trinajstić information content (AvgIpc) is 1.59. The van der Waals surface area contributed by atoms with Gasteiger partial charge in [0, 0.05) is 78.0 Å². The summed E-state index contributed by atoms with van der Waals surface area (Å²) in [5, 5.41) is 55.1. The highest BCUT2D eigenvalue weighted by Gasteiger charge is 2.53. The van der Waals surface area contributed by atoms with Gasteiger partial charge in [0.1, 0.15) is 62.8 Å². The van der Waals surface area contributed by atoms with E-state index in [1.165, 1.54) is 58.4 Å². The minimum atomic E-state index is -1.32. The van der Waals surface area contributed by atoms with Gasteiger partial charge < -0.3 is 66.1 Å². The van der Waals surface area contributed by atoms with E-state index < -0.39 is 116 Å². The van der Waals surface area contributed by atoms with Crippen LogP contribution in [0.2, 0.25) is 10.0 Å². The third-order valence-corrected chi connectivity index (χ3v) is 25.7. The molecule has 3 aliphatic carbocycles. The Labute approximate surface area is 760 Å². The number of fused-ring (bicyclic) bond motifs is 4. The molecule has 11 aromatic rings. The van der Waals surface area contributed by atoms with Gasteiger partial charge in [0.25, 0.3) is 70.4 Å². The summed E-state index contributed by atoms with van der Waals surface area (Å²) in [5.41, 5.74) is 6.45. The molecule has 686 valence electrons. The zero-order valence-electron chi connectivity index (χ0n) is 73.4. The van der Waals surface area contributed by atoms with Gasteiger partial charge in [-0.3, -0.25) is 62.3 Å². The van der Waals surface area contributed by atoms with Gasteiger partial charge in [-0.05, 0) is 234 Å². The van der Waals surface area contributed by atoms with E-state index in [1.807, 2.05) is 35.8 Å². The standard InChI is InChI=1S/C23H22ClFN6O3.C23H26F2N4O4.C23H24N6O3.C22H20ClFN6O3/c1-11-5-6-13(18(25)17(11)24)27-21(33)19-12(2)16(14-4-3-9-31(14)19)20(32)22(34)28-23(7-8-23)15-10-26-30-29-15;1-11-14(24)9-13(10-15(11)25)27-20(31)18-12(2)17(16-7-6-8-29(16)18)19(30)21(32)28-23(3,4)22(33)26-5;1-13-5-3-6-15(11-13)25-21(31)19-14(2)18(16-7-4-10-29(16)19)20(30)22(32)26-23(8-9-23)17-12-24-28-27-17;1-11-17(19(31)21(33)27-22(6-7-22)16-10-25-29-28-16)15-3-2-8-30(15)18(11)20(32)26-14-9-12(23)4-5-13(14)24/h5-6,10H,3-4,7-9H2,1-2H3,(H,27,33)(H,28,34)(H,26,29,30);9-10H,6-8H2,1-5H3,(H,26,33)(H,27,31)(H,28,32);3,5-6,11-12H,4,7-10H2,1-2H3,(H,25,31)(H,26,32)(H,24,27,28);4-5,9-10H,2-3,6-8H2,1H3,(H,26,32)(H,27,33)(H,25,28,29). The lowest BCUT2D eigenvalue weighted by molar-refractivity contribution is -0.130. The summed E-state index contributed by atoms with van der Waals surface area (Å²) in [7, 11) is 1.42. The lowest BCUT2D eigenvalue weighted by atomic mass is 10.00. The van der Waals surface area contributed by atoms with Crippen molar-refractivity contribution in [3.63, 3.8) is 0 Å². The molecule has 3 saturated carbocycles. The molecule has 11 heterocycles. The molecule has 9 amide bonds. The average molecular weight is 1850 g/mol. The Morgan fingerprint density at radius 1 is 0.417 bits per heavy atom. The number of amides is 9. The fourth-order valence-corrected chi connectivity index (χ4v) is 18.1. The number of hydrogen-bond acceptors (Lipinski definition) is 19. The molecule has 4 aromatic carbocycles. The van der Waals surface area contributed by atoms with E-state index in [0.717, 1.165) is 48.7 Å². The second-order valence-corrected chi connectivity index (χ2v) is 35.1. The number of aromatic nitrogens is 13. The molecular weight excluding hydrogens is 1760 g/mol. The van der Waals surface area contributed by atoms with Crippen LogP contribution in [-0.2, 0) is 92.5 Å². The highest BCUT2D eigenvalue weighted by molar-refractivity contribution is 6.46. The molecule has 132 heavy (non-hydrogen) atoms. The molecule has 41 heteroatoms. The predicted octanol–water partition coefficient (Wildman–Crippen LogP) is 10.9. The molecular formula is C91H92Cl2F4N22O13. The smallest absolute Gasteiger partial charge is 0.293 e. The van der Waals surface area contributed by atoms with Crippen molar-refractivity contribution < 1.29 is 79.9 Å². The maximum Gasteiger partial charge on any atom is 0.293 e. The number of halogens is 6. The third kappa shape index (κ3) is 17.9. The van der Waals surface area contributed by atoms with Gasteiger partial charge in [0.15, 0.2) is 5.82 Å². The number of ketones is 4. The van der Waals surface area contributed by atoms with Gasteiger partial charge in [0.05, 0.1) is 73.9 Å². The zero-order chi connectivity index (χ0) is 94.6. The van der Waals surface area contributed by atoms with Crippen LogP contribution in [0.1, 0.15) is 240 Å². The summed E-state index contributed by atoms with van der Waals surface area (Å²) in [6, 6.07) is 16.5. The Morgan fingerprint density at radius 2 is 0.780 bits per heavy atom. The zero-order valence-corrected chi connectivity index (χ0v) is 74.9. The van der Waals surface area contributed by atoms with E-state index in [9.17, 15) is 79.9 Å². The van der Waals surface area contributed by atoms with E-state index in [4.69, 9.17) is 23.2 Å². The molecule has 7 aliphatic rings. The van der Waals surface area contributed by atoms with E-state index in [2.05, 4.69) is 94.1 Å². The molecule has 0 saturated heterocycles. The molecule has 0 bridgehead atoms. The Kier molecular flexibility index (Phi) is 25.6. The van der Waals surface area contributed by atoms with Gasteiger partial charge in [-0.25, -0.2) is 17.6 Å². The number of carbonyl (C=O) groups is 13. The lowest BCUT2D eigenvalue weighted by Crippen LogP contribution is -2.55. The number of nitrogens with zero attached hydrogens (tertiary/aromatic N) is 10. The number of H-pyrrole nitrogens is 3. The van der Waals surface area contributed by atoms with Crippen molar-refractivity contribution in [2.45, 2.75) is 201 Å². The number of anilines is 4. The fraction of sp³-hybridized carbons (Fsp3) is 0.352. The SMILES string of the molecule is CNC(=O)C(C)(C)NC(=O)C(=O)c1c(C)c(C(=O)Nc2cc(F)c(C)c(F)c2)n2c1CCC2.Cc1c(C(=O)C(=O)NC2(c3cn[nH]n3)CC2)c2n(c1C(=O)Nc1cc(Cl)ccc1F)CCC2.Cc1ccc(NC(=O)c2c(C)c(C(=O)C(=O)NC3(c4cn[nH]n4)CC3)c3n2CCC3)c(F)c1Cl.Cc1cccc(NC(=O)c2c(C)c(C(=O)C(=O)NC3(c4cn[nH]n4)CC3)c3n2CCC3)c1. The molecule has 0 spiro atoms. The van der Waals surface area contributed by atoms with Gasteiger partial charge >= 0.3 is 0 Å². The van der Waals surface area contributed by atoms with Crippen molar-refractivity contribution in [1.82, 2.24) is 91.1 Å². The minimum Gasteiger partial charge on any atom is -0.357 e. The highest BCUT2D eigenvalue weighted by Crippen LogP contribution is 2.47. The Hall–Kier alpha value is -14.4. The normalized spacial score (nSPS) is 15.0. The van der Waals surface area contributed by atoms with Crippen LogP contribution in [0.25, 0.3) is 0 Å². The maximum absolute atomic E-state index is 14.6. The lowest BCUT2D eigenvalue weighted by Gasteiger charge is -2.23. The van der Waals surface area contributed by atoms with Gasteiger partial charge in [-0.2, -0.15) is 46.2 Å². The summed E-state index contributed by atoms with van der Waals surface area (Å²) < 4.78 is 63.5. The maximum atomic E-state index is 14.6. The second kappa shape index (κ2) is 36.5. The van der Waals surface area contributed by atoms with E-state index in [1.54, 1.807) is 60.6 Å². The van der Waals surface area contributed by atoms with E-state index >= 15 is 0 Å². The number of hydrogen-bond donors (Lipinski definition) is 12. The number of rotatable bonds is 24. The monoisotopic (exact) mass is 1850 g/mol. The Morgan fingerprint density at radius 3 is 1.14 bits per heavy atom. The van der Waals surface area contributed by atoms with Crippen LogP contribution in [0.5, 0.6) is 0 Å². The molecule has 0 atom stereocenters. The molecule has 0 unspecified atom stereocenters. The largest absolute Gasteiger partial charge is 0.357 e. The molecule has 3 fully saturated rings. The van der Waals surface area contributed by atoms with Crippen molar-refractivity contribution in [2.24, 2.45) is 0 Å². The van der Waals surface area contributed by atoms with Crippen LogP contribution < -0.4 is 47.9 Å². The Balaban J connectivity index is 0.000000135. The molecule has 12 N–H and O–H groups in total. The number of Topliss-reactive ketones (excluding diaryl/α,β-unsaturated/α-hetero) is 4. The molecule has 4 aliphatic heterocycles. The molecule has 7 aromatic heterocycles. The van der Waals surface area contributed by atoms with Crippen molar-refractivity contribution in [2.75, 3.05) is 28.3 Å². The quantitative estimate of drug-likeness (QED) is 0.0152. The first kappa shape index (κ1) is 92.3. The number of nitrogens with one attached hydrogen (secondary N) is 12. The first-order valence-electron chi connectivity index (χ1n) is 42.7. The number of carbonyl (C=O) groups excluding carboxylic acids is 13. The number of aromatic amines is 3. The van der Waals surface area contributed by atoms with E-state index in [-0.39, 0.29) is 77.9 Å². The molecule has 18 rings (SSSR count). The van der Waals surface area contributed by atoms with Crippen LogP contribution in [0.15, 0.2) is 85.3 Å². The van der Waals surface area contributed by atoms with Crippen molar-refractivity contribution >= 4 is 122 Å². The molecule has 35 nitrogen and oxygen atoms in total. The summed E-state index contributed by atoms with van der Waals surface area (Å²) in [4.78, 5) is 169. The number of benzene rings is 4. The summed E-state index contributed by atoms with van der Waals surface area (Å²) in [6.07, 6.45) is 13.8. The van der Waals surface area contributed by atoms with Crippen LogP contribution in [0.3, 0.4) is 0 Å². The van der Waals surface area contributed by atoms with Crippen LogP contribution in [0.4, 0.5) is 40.3 Å². The minimum absolute atomic E-state index is 0.0533. The first-order valence-corrected chi connectivity index (χ1v) is 43.4. The van der Waals surface area contributed by atoms with Crippen molar-refractivity contribution in [3.8, 4) is 0 Å². The number of likely N-dealkylation sites (N-methyl/N-ethyl adjacent to an activating group) is 1. The van der Waals surface area contributed by atoms with Crippen molar-refractivity contribution in [1.29, 1.82) is 0 Å². The van der Waals surface area contributed by atoms with Gasteiger partial charge in [-0.15, -0.1) is 0 Å². The first-order chi connectivity index (χ1) is 62.8. The van der Waals surface area contributed by atoms with Crippen LogP contribution in [-0.4, -0.2) is 153 Å². The van der Waals surface area contributed by atoms with Gasteiger partial charge in [0.2, 0.25) is 5.91 Å². The topological polar surface area (TPSA) is 475 Å². The third-order valence-electron chi connectivity index (χ3n) is 25.0. The second-order valence-electron chi connectivity index (χ2n) is 34.3. The predicted molar refractivity (Wildman–Crippen MR) is 472 cm³/mol. The van der Waals surface area contributed by atoms with Crippen LogP contribution in [0, 0.1) is 71.7 Å². The highest BCUT2D eigenvalue weighted by atomic mass is 35.5. The van der Waals surface area contributed by atoms with Crippen LogP contribution >= 0.6 is 23.2 Å². The summed E-state index contributed by atoms with van der Waals surface area (Å²) in [5.74, 6) is -11.5. The number of aryl methyl sites for hydroxylation is 2. The summed E-state index contributed by atoms with van der Waals surface area (Å²) >= 11 is 11.9. The van der Waals surface area contributed by atoms with Crippen molar-refractivity contribution in [3.05, 3.63) is 242 Å². The van der Waals surface area contributed by atoms with E-state index in [0.29, 0.717) is 170 Å².